The second kappa shape index (κ2) is 4.53. The molecule has 0 aromatic heterocycles. The number of aliphatic carboxylic acids is 1. The molecule has 104 valence electrons. The van der Waals surface area contributed by atoms with Crippen molar-refractivity contribution in [3.05, 3.63) is 33.8 Å². The summed E-state index contributed by atoms with van der Waals surface area (Å²) >= 11 is 14.4. The Labute approximate surface area is 124 Å². The third-order valence-electron chi connectivity index (χ3n) is 2.97. The number of rotatable bonds is 2. The van der Waals surface area contributed by atoms with Crippen LogP contribution in [0.3, 0.4) is 0 Å². The maximum Gasteiger partial charge on any atom is 0.417 e. The van der Waals surface area contributed by atoms with Crippen LogP contribution in [-0.4, -0.2) is 15.4 Å². The molecule has 0 radical (unpaired) electrons. The van der Waals surface area contributed by atoms with Gasteiger partial charge in [0.25, 0.3) is 0 Å². The molecule has 0 amide bonds. The van der Waals surface area contributed by atoms with Gasteiger partial charge in [-0.3, -0.25) is 4.79 Å². The molecule has 1 aliphatic rings. The van der Waals surface area contributed by atoms with Crippen molar-refractivity contribution in [2.45, 2.75) is 16.4 Å². The molecule has 2 rings (SSSR count). The van der Waals surface area contributed by atoms with Crippen molar-refractivity contribution in [3.8, 4) is 0 Å². The molecule has 8 heteroatoms. The van der Waals surface area contributed by atoms with Gasteiger partial charge in [0.1, 0.15) is 4.33 Å². The highest BCUT2D eigenvalue weighted by molar-refractivity contribution is 9.10. The zero-order valence-electron chi connectivity index (χ0n) is 9.01. The van der Waals surface area contributed by atoms with E-state index in [-0.39, 0.29) is 10.0 Å². The van der Waals surface area contributed by atoms with Gasteiger partial charge in [-0.1, -0.05) is 45.2 Å². The Morgan fingerprint density at radius 2 is 1.95 bits per heavy atom. The molecule has 0 unspecified atom stereocenters. The lowest BCUT2D eigenvalue weighted by Crippen LogP contribution is -2.07. The van der Waals surface area contributed by atoms with Crippen molar-refractivity contribution in [1.29, 1.82) is 0 Å². The number of carbonyl (C=O) groups is 1. The number of carboxylic acid groups (broad SMARTS) is 1. The number of carboxylic acids is 1. The molecule has 2 nitrogen and oxygen atoms in total. The summed E-state index contributed by atoms with van der Waals surface area (Å²) in [7, 11) is 0. The minimum Gasteiger partial charge on any atom is -0.481 e. The molecule has 2 atom stereocenters. The minimum atomic E-state index is -4.54. The maximum absolute atomic E-state index is 12.7. The molecule has 0 saturated heterocycles. The molecule has 0 bridgehead atoms. The van der Waals surface area contributed by atoms with Gasteiger partial charge in [-0.15, -0.1) is 0 Å². The van der Waals surface area contributed by atoms with Gasteiger partial charge in [-0.25, -0.2) is 0 Å². The van der Waals surface area contributed by atoms with Gasteiger partial charge in [0.2, 0.25) is 0 Å². The second-order valence-electron chi connectivity index (χ2n) is 4.21. The number of benzene rings is 1. The third-order valence-corrected chi connectivity index (χ3v) is 4.61. The first-order chi connectivity index (χ1) is 8.56. The van der Waals surface area contributed by atoms with Gasteiger partial charge >= 0.3 is 12.1 Å². The molecule has 1 saturated carbocycles. The fourth-order valence-electron chi connectivity index (χ4n) is 2.00. The zero-order chi connectivity index (χ0) is 14.6. The topological polar surface area (TPSA) is 37.3 Å². The van der Waals surface area contributed by atoms with Crippen LogP contribution >= 0.6 is 39.1 Å². The molecule has 1 aliphatic carbocycles. The van der Waals surface area contributed by atoms with E-state index in [0.717, 1.165) is 6.07 Å². The maximum atomic E-state index is 12.7. The van der Waals surface area contributed by atoms with E-state index >= 15 is 0 Å². The highest BCUT2D eigenvalue weighted by Crippen LogP contribution is 2.65. The molecule has 0 aliphatic heterocycles. The number of hydrogen-bond acceptors (Lipinski definition) is 1. The lowest BCUT2D eigenvalue weighted by Gasteiger charge is -2.11. The van der Waals surface area contributed by atoms with E-state index in [4.69, 9.17) is 28.3 Å². The Balaban J connectivity index is 2.42. The molecular formula is C11H6BrCl2F3O2. The van der Waals surface area contributed by atoms with Crippen molar-refractivity contribution in [2.75, 3.05) is 0 Å². The monoisotopic (exact) mass is 376 g/mol. The molecule has 1 aromatic rings. The van der Waals surface area contributed by atoms with Gasteiger partial charge in [0, 0.05) is 10.4 Å². The molecule has 1 fully saturated rings. The smallest absolute Gasteiger partial charge is 0.417 e. The molecule has 1 aromatic carbocycles. The van der Waals surface area contributed by atoms with Crippen LogP contribution in [0.1, 0.15) is 17.0 Å². The Hall–Kier alpha value is -0.460. The van der Waals surface area contributed by atoms with Crippen LogP contribution in [0.2, 0.25) is 0 Å². The predicted octanol–water partition coefficient (Wildman–Crippen LogP) is 4.44. The van der Waals surface area contributed by atoms with Crippen LogP contribution in [-0.2, 0) is 11.0 Å². The Morgan fingerprint density at radius 1 is 1.37 bits per heavy atom. The summed E-state index contributed by atoms with van der Waals surface area (Å²) in [5.41, 5.74) is -0.724. The highest BCUT2D eigenvalue weighted by Gasteiger charge is 2.68. The summed E-state index contributed by atoms with van der Waals surface area (Å²) in [6.07, 6.45) is -4.54. The van der Waals surface area contributed by atoms with E-state index in [0.29, 0.717) is 0 Å². The predicted molar refractivity (Wildman–Crippen MR) is 67.4 cm³/mol. The standard InChI is InChI=1S/C11H6BrCl2F3O2/c12-6-2-1-4(3-5(6)11(15,16)17)7-8(9(18)19)10(7,13)14/h1-3,7-8H,(H,18,19)/t7-,8+/m0/s1. The summed E-state index contributed by atoms with van der Waals surface area (Å²) in [6, 6.07) is 3.46. The summed E-state index contributed by atoms with van der Waals surface area (Å²) in [6.45, 7) is 0. The van der Waals surface area contributed by atoms with Crippen molar-refractivity contribution >= 4 is 45.1 Å². The molecular weight excluding hydrogens is 372 g/mol. The van der Waals surface area contributed by atoms with E-state index in [1.165, 1.54) is 12.1 Å². The van der Waals surface area contributed by atoms with Gasteiger partial charge in [-0.2, -0.15) is 13.2 Å². The van der Waals surface area contributed by atoms with Crippen molar-refractivity contribution in [2.24, 2.45) is 5.92 Å². The molecule has 19 heavy (non-hydrogen) atoms. The van der Waals surface area contributed by atoms with Crippen molar-refractivity contribution < 1.29 is 23.1 Å². The van der Waals surface area contributed by atoms with Crippen LogP contribution in [0.5, 0.6) is 0 Å². The Kier molecular flexibility index (Phi) is 3.56. The van der Waals surface area contributed by atoms with E-state index < -0.39 is 33.9 Å². The summed E-state index contributed by atoms with van der Waals surface area (Å²) < 4.78 is 36.6. The summed E-state index contributed by atoms with van der Waals surface area (Å²) in [4.78, 5) is 10.9. The van der Waals surface area contributed by atoms with Gasteiger partial charge < -0.3 is 5.11 Å². The lowest BCUT2D eigenvalue weighted by atomic mass is 10.1. The quantitative estimate of drug-likeness (QED) is 0.773. The van der Waals surface area contributed by atoms with Gasteiger partial charge in [0.15, 0.2) is 0 Å². The van der Waals surface area contributed by atoms with E-state index in [2.05, 4.69) is 15.9 Å². The molecule has 0 spiro atoms. The van der Waals surface area contributed by atoms with Crippen LogP contribution < -0.4 is 0 Å². The second-order valence-corrected chi connectivity index (χ2v) is 6.50. The minimum absolute atomic E-state index is 0.119. The van der Waals surface area contributed by atoms with Crippen LogP contribution in [0, 0.1) is 5.92 Å². The average molecular weight is 378 g/mol. The lowest BCUT2D eigenvalue weighted by molar-refractivity contribution is -0.139. The van der Waals surface area contributed by atoms with Gasteiger partial charge in [0.05, 0.1) is 11.5 Å². The number of hydrogen-bond donors (Lipinski definition) is 1. The first-order valence-electron chi connectivity index (χ1n) is 5.04. The third kappa shape index (κ3) is 2.58. The zero-order valence-corrected chi connectivity index (χ0v) is 12.1. The number of alkyl halides is 5. The Morgan fingerprint density at radius 3 is 2.37 bits per heavy atom. The molecule has 1 N–H and O–H groups in total. The van der Waals surface area contributed by atoms with Crippen LogP contribution in [0.4, 0.5) is 13.2 Å². The van der Waals surface area contributed by atoms with Crippen molar-refractivity contribution in [1.82, 2.24) is 0 Å². The Bertz CT molecular complexity index is 545. The fraction of sp³-hybridized carbons (Fsp3) is 0.364. The first kappa shape index (κ1) is 14.9. The normalized spacial score (nSPS) is 25.2. The highest BCUT2D eigenvalue weighted by atomic mass is 79.9. The largest absolute Gasteiger partial charge is 0.481 e. The summed E-state index contributed by atoms with van der Waals surface area (Å²) in [5, 5.41) is 8.90. The van der Waals surface area contributed by atoms with Crippen LogP contribution in [0.25, 0.3) is 0 Å². The average Bonchev–Trinajstić information content (AvgIpc) is 2.80. The van der Waals surface area contributed by atoms with Crippen LogP contribution in [0.15, 0.2) is 22.7 Å². The first-order valence-corrected chi connectivity index (χ1v) is 6.59. The van der Waals surface area contributed by atoms with Crippen molar-refractivity contribution in [3.63, 3.8) is 0 Å². The molecule has 0 heterocycles. The number of halogens is 6. The fourth-order valence-corrected chi connectivity index (χ4v) is 3.29. The van der Waals surface area contributed by atoms with E-state index in [9.17, 15) is 18.0 Å². The summed E-state index contributed by atoms with van der Waals surface area (Å²) in [5.74, 6) is -3.17. The van der Waals surface area contributed by atoms with Gasteiger partial charge in [-0.05, 0) is 17.7 Å². The van der Waals surface area contributed by atoms with E-state index in [1.54, 1.807) is 0 Å². The van der Waals surface area contributed by atoms with E-state index in [1.807, 2.05) is 0 Å². The SMILES string of the molecule is O=C(O)[C@H]1[C@H](c2ccc(Br)c(C(F)(F)F)c2)C1(Cl)Cl.